The normalized spacial score (nSPS) is 20.2. The number of nitrogens with one attached hydrogen (secondary N) is 1. The van der Waals surface area contributed by atoms with E-state index in [0.29, 0.717) is 23.3 Å². The van der Waals surface area contributed by atoms with Crippen molar-refractivity contribution in [2.75, 3.05) is 0 Å². The van der Waals surface area contributed by atoms with Crippen molar-refractivity contribution >= 4 is 5.91 Å². The standard InChI is InChI=1S/C15H18N4O3/c1-9-16-14(19-21-9)15(6-2-3-7-15)17-13(20)11-8-12(22-18-11)10-4-5-10/h8,10H,2-7H2,1H3,(H,17,20). The highest BCUT2D eigenvalue weighted by Crippen LogP contribution is 2.40. The van der Waals surface area contributed by atoms with Crippen LogP contribution in [-0.2, 0) is 5.54 Å². The number of aryl methyl sites for hydroxylation is 1. The zero-order valence-electron chi connectivity index (χ0n) is 12.5. The molecule has 0 saturated heterocycles. The fraction of sp³-hybridized carbons (Fsp3) is 0.600. The number of carbonyl (C=O) groups excluding carboxylic acids is 1. The van der Waals surface area contributed by atoms with Crippen molar-refractivity contribution in [3.05, 3.63) is 29.2 Å². The molecule has 2 fully saturated rings. The van der Waals surface area contributed by atoms with E-state index < -0.39 is 5.54 Å². The average Bonchev–Trinajstić information content (AvgIpc) is 2.95. The molecule has 2 aliphatic carbocycles. The second kappa shape index (κ2) is 4.93. The van der Waals surface area contributed by atoms with Crippen LogP contribution in [0.15, 0.2) is 15.1 Å². The molecular formula is C15H18N4O3. The summed E-state index contributed by atoms with van der Waals surface area (Å²) in [5, 5.41) is 11.0. The number of amides is 1. The monoisotopic (exact) mass is 302 g/mol. The molecule has 0 bridgehead atoms. The van der Waals surface area contributed by atoms with E-state index in [4.69, 9.17) is 9.05 Å². The third-order valence-corrected chi connectivity index (χ3v) is 4.51. The van der Waals surface area contributed by atoms with Gasteiger partial charge in [0.25, 0.3) is 5.91 Å². The Bertz CT molecular complexity index is 695. The van der Waals surface area contributed by atoms with Crippen LogP contribution in [0.2, 0.25) is 0 Å². The van der Waals surface area contributed by atoms with Crippen LogP contribution in [-0.4, -0.2) is 21.2 Å². The first-order valence-electron chi connectivity index (χ1n) is 7.76. The molecule has 4 rings (SSSR count). The zero-order valence-corrected chi connectivity index (χ0v) is 12.5. The lowest BCUT2D eigenvalue weighted by Gasteiger charge is -2.26. The summed E-state index contributed by atoms with van der Waals surface area (Å²) in [6, 6.07) is 1.75. The van der Waals surface area contributed by atoms with Gasteiger partial charge in [0.15, 0.2) is 11.5 Å². The Morgan fingerprint density at radius 3 is 2.68 bits per heavy atom. The molecule has 22 heavy (non-hydrogen) atoms. The van der Waals surface area contributed by atoms with Crippen LogP contribution in [0.4, 0.5) is 0 Å². The maximum atomic E-state index is 12.5. The summed E-state index contributed by atoms with van der Waals surface area (Å²) in [5.74, 6) is 2.07. The van der Waals surface area contributed by atoms with Gasteiger partial charge in [-0.15, -0.1) is 0 Å². The summed E-state index contributed by atoms with van der Waals surface area (Å²) in [6.45, 7) is 1.75. The molecule has 0 aliphatic heterocycles. The Morgan fingerprint density at radius 2 is 2.05 bits per heavy atom. The smallest absolute Gasteiger partial charge is 0.274 e. The Balaban J connectivity index is 1.57. The van der Waals surface area contributed by atoms with E-state index in [1.54, 1.807) is 13.0 Å². The molecule has 0 unspecified atom stereocenters. The molecule has 0 aromatic carbocycles. The molecule has 2 heterocycles. The molecule has 0 spiro atoms. The van der Waals surface area contributed by atoms with Crippen LogP contribution in [0.25, 0.3) is 0 Å². The maximum Gasteiger partial charge on any atom is 0.274 e. The third kappa shape index (κ3) is 2.30. The topological polar surface area (TPSA) is 94.1 Å². The van der Waals surface area contributed by atoms with Crippen molar-refractivity contribution in [3.63, 3.8) is 0 Å². The van der Waals surface area contributed by atoms with Crippen molar-refractivity contribution in [2.24, 2.45) is 0 Å². The van der Waals surface area contributed by atoms with Crippen LogP contribution in [0, 0.1) is 6.92 Å². The molecule has 2 aromatic rings. The Morgan fingerprint density at radius 1 is 1.27 bits per heavy atom. The van der Waals surface area contributed by atoms with Gasteiger partial charge in [0.1, 0.15) is 11.3 Å². The van der Waals surface area contributed by atoms with Crippen molar-refractivity contribution in [1.82, 2.24) is 20.6 Å². The van der Waals surface area contributed by atoms with E-state index >= 15 is 0 Å². The fourth-order valence-electron chi connectivity index (χ4n) is 3.11. The van der Waals surface area contributed by atoms with E-state index in [1.165, 1.54) is 0 Å². The number of nitrogens with zero attached hydrogens (tertiary/aromatic N) is 3. The summed E-state index contributed by atoms with van der Waals surface area (Å²) in [6.07, 6.45) is 5.90. The predicted molar refractivity (Wildman–Crippen MR) is 75.1 cm³/mol. The highest BCUT2D eigenvalue weighted by molar-refractivity contribution is 5.92. The first-order valence-corrected chi connectivity index (χ1v) is 7.76. The predicted octanol–water partition coefficient (Wildman–Crippen LogP) is 2.44. The Labute approximate surface area is 127 Å². The maximum absolute atomic E-state index is 12.5. The SMILES string of the molecule is Cc1nc(C2(NC(=O)c3cc(C4CC4)on3)CCCC2)no1. The van der Waals surface area contributed by atoms with Gasteiger partial charge in [-0.25, -0.2) is 0 Å². The summed E-state index contributed by atoms with van der Waals surface area (Å²) in [7, 11) is 0. The molecule has 1 amide bonds. The van der Waals surface area contributed by atoms with Crippen molar-refractivity contribution in [1.29, 1.82) is 0 Å². The molecule has 0 radical (unpaired) electrons. The second-order valence-corrected chi connectivity index (χ2v) is 6.27. The lowest BCUT2D eigenvalue weighted by atomic mass is 9.96. The van der Waals surface area contributed by atoms with Gasteiger partial charge < -0.3 is 14.4 Å². The molecule has 1 N–H and O–H groups in total. The minimum Gasteiger partial charge on any atom is -0.360 e. The van der Waals surface area contributed by atoms with Crippen LogP contribution in [0.5, 0.6) is 0 Å². The molecule has 7 heteroatoms. The highest BCUT2D eigenvalue weighted by Gasteiger charge is 2.42. The van der Waals surface area contributed by atoms with Crippen LogP contribution in [0.3, 0.4) is 0 Å². The third-order valence-electron chi connectivity index (χ3n) is 4.51. The summed E-state index contributed by atoms with van der Waals surface area (Å²) in [5.41, 5.74) is -0.221. The molecule has 2 aliphatic rings. The lowest BCUT2D eigenvalue weighted by molar-refractivity contribution is 0.0882. The zero-order chi connectivity index (χ0) is 15.2. The summed E-state index contributed by atoms with van der Waals surface area (Å²) in [4.78, 5) is 16.8. The van der Waals surface area contributed by atoms with Gasteiger partial charge in [-0.05, 0) is 25.7 Å². The quantitative estimate of drug-likeness (QED) is 0.932. The summed E-state index contributed by atoms with van der Waals surface area (Å²) < 4.78 is 10.3. The number of hydrogen-bond acceptors (Lipinski definition) is 6. The van der Waals surface area contributed by atoms with Gasteiger partial charge in [0.05, 0.1) is 0 Å². The van der Waals surface area contributed by atoms with Gasteiger partial charge in [0.2, 0.25) is 5.89 Å². The van der Waals surface area contributed by atoms with Crippen molar-refractivity contribution < 1.29 is 13.8 Å². The Kier molecular flexibility index (Phi) is 3.02. The van der Waals surface area contributed by atoms with E-state index in [2.05, 4.69) is 20.6 Å². The minimum atomic E-state index is -0.548. The van der Waals surface area contributed by atoms with Gasteiger partial charge in [-0.3, -0.25) is 4.79 Å². The first-order chi connectivity index (χ1) is 10.7. The van der Waals surface area contributed by atoms with Crippen LogP contribution >= 0.6 is 0 Å². The molecule has 116 valence electrons. The fourth-order valence-corrected chi connectivity index (χ4v) is 3.11. The summed E-state index contributed by atoms with van der Waals surface area (Å²) >= 11 is 0. The first kappa shape index (κ1) is 13.5. The minimum absolute atomic E-state index is 0.236. The molecule has 2 saturated carbocycles. The van der Waals surface area contributed by atoms with Gasteiger partial charge in [0, 0.05) is 18.9 Å². The van der Waals surface area contributed by atoms with Crippen LogP contribution in [0.1, 0.15) is 72.4 Å². The van der Waals surface area contributed by atoms with Crippen LogP contribution < -0.4 is 5.32 Å². The molecular weight excluding hydrogens is 284 g/mol. The van der Waals surface area contributed by atoms with Gasteiger partial charge >= 0.3 is 0 Å². The van der Waals surface area contributed by atoms with Crippen molar-refractivity contribution in [2.45, 2.75) is 56.9 Å². The van der Waals surface area contributed by atoms with Gasteiger partial charge in [-0.1, -0.05) is 23.2 Å². The molecule has 7 nitrogen and oxygen atoms in total. The highest BCUT2D eigenvalue weighted by atomic mass is 16.5. The molecule has 0 atom stereocenters. The average molecular weight is 302 g/mol. The van der Waals surface area contributed by atoms with E-state index in [-0.39, 0.29) is 5.91 Å². The second-order valence-electron chi connectivity index (χ2n) is 6.27. The lowest BCUT2D eigenvalue weighted by Crippen LogP contribution is -2.44. The number of carbonyl (C=O) groups is 1. The number of rotatable bonds is 4. The van der Waals surface area contributed by atoms with E-state index in [1.807, 2.05) is 0 Å². The van der Waals surface area contributed by atoms with E-state index in [0.717, 1.165) is 44.3 Å². The largest absolute Gasteiger partial charge is 0.360 e. The molecule has 2 aromatic heterocycles. The van der Waals surface area contributed by atoms with E-state index in [9.17, 15) is 4.79 Å². The Hall–Kier alpha value is -2.18. The van der Waals surface area contributed by atoms with Crippen molar-refractivity contribution in [3.8, 4) is 0 Å². The number of aromatic nitrogens is 3. The van der Waals surface area contributed by atoms with Gasteiger partial charge in [-0.2, -0.15) is 4.98 Å². The number of hydrogen-bond donors (Lipinski definition) is 1.